The lowest BCUT2D eigenvalue weighted by Crippen LogP contribution is -2.09. The molecule has 6 heteroatoms. The van der Waals surface area contributed by atoms with Crippen molar-refractivity contribution in [1.29, 1.82) is 0 Å². The van der Waals surface area contributed by atoms with Crippen LogP contribution in [-0.4, -0.2) is 21.7 Å². The van der Waals surface area contributed by atoms with Crippen molar-refractivity contribution in [1.82, 2.24) is 9.97 Å². The summed E-state index contributed by atoms with van der Waals surface area (Å²) < 4.78 is 5.45. The molecule has 0 saturated heterocycles. The number of phenolic OH excluding ortho intramolecular Hbond substituents is 1. The Morgan fingerprint density at radius 1 is 1.26 bits per heavy atom. The molecule has 0 aliphatic carbocycles. The maximum Gasteiger partial charge on any atom is 0.251 e. The number of ether oxygens (including phenoxy) is 1. The topological polar surface area (TPSA) is 75.2 Å². The molecule has 0 aliphatic rings. The molecule has 2 aromatic carbocycles. The molecular weight excluding hydrogens is 364 g/mol. The first-order chi connectivity index (χ1) is 13.1. The van der Waals surface area contributed by atoms with Crippen molar-refractivity contribution in [2.75, 3.05) is 6.61 Å². The van der Waals surface area contributed by atoms with Gasteiger partial charge in [-0.25, -0.2) is 4.98 Å². The zero-order chi connectivity index (χ0) is 19.2. The zero-order valence-electron chi connectivity index (χ0n) is 14.8. The van der Waals surface area contributed by atoms with Crippen LogP contribution in [0.1, 0.15) is 23.9 Å². The molecule has 0 radical (unpaired) electrons. The van der Waals surface area contributed by atoms with E-state index < -0.39 is 0 Å². The van der Waals surface area contributed by atoms with Gasteiger partial charge in [-0.1, -0.05) is 41.9 Å². The van der Waals surface area contributed by atoms with E-state index in [2.05, 4.69) is 9.97 Å². The molecule has 1 aromatic heterocycles. The van der Waals surface area contributed by atoms with Gasteiger partial charge < -0.3 is 14.8 Å². The van der Waals surface area contributed by atoms with Crippen LogP contribution in [0, 0.1) is 0 Å². The van der Waals surface area contributed by atoms with Crippen molar-refractivity contribution in [3.63, 3.8) is 0 Å². The third kappa shape index (κ3) is 4.77. The molecule has 0 spiro atoms. The van der Waals surface area contributed by atoms with Crippen LogP contribution in [0.3, 0.4) is 0 Å². The summed E-state index contributed by atoms with van der Waals surface area (Å²) in [5.41, 5.74) is 2.39. The minimum absolute atomic E-state index is 0.0912. The van der Waals surface area contributed by atoms with Crippen LogP contribution in [0.25, 0.3) is 11.6 Å². The third-order valence-electron chi connectivity index (χ3n) is 3.90. The second-order valence-corrected chi connectivity index (χ2v) is 6.30. The van der Waals surface area contributed by atoms with Gasteiger partial charge in [-0.3, -0.25) is 4.79 Å². The van der Waals surface area contributed by atoms with E-state index in [0.29, 0.717) is 24.6 Å². The maximum absolute atomic E-state index is 11.7. The van der Waals surface area contributed by atoms with Crippen LogP contribution in [0.2, 0.25) is 5.02 Å². The number of allylic oxidation sites excluding steroid dienone is 1. The fourth-order valence-corrected chi connectivity index (χ4v) is 2.92. The predicted molar refractivity (Wildman–Crippen MR) is 107 cm³/mol. The number of nitrogens with one attached hydrogen (secondary N) is 1. The van der Waals surface area contributed by atoms with Gasteiger partial charge in [0.05, 0.1) is 11.6 Å². The quantitative estimate of drug-likeness (QED) is 0.666. The molecule has 3 rings (SSSR count). The first-order valence-corrected chi connectivity index (χ1v) is 8.90. The standard InChI is InChI=1S/C21H19ClN2O3/c1-2-27-18-13-15(12-17(22)20(18)26)11-16(10-14-6-4-3-5-7-14)21-23-9-8-19(25)24-21/h3-9,11-13,26H,2,10H2,1H3,(H,23,24,25). The summed E-state index contributed by atoms with van der Waals surface area (Å²) in [6.07, 6.45) is 3.91. The Labute approximate surface area is 161 Å². The highest BCUT2D eigenvalue weighted by molar-refractivity contribution is 6.32. The highest BCUT2D eigenvalue weighted by Gasteiger charge is 2.11. The van der Waals surface area contributed by atoms with Gasteiger partial charge in [0.15, 0.2) is 11.5 Å². The molecule has 0 saturated carbocycles. The minimum Gasteiger partial charge on any atom is -0.503 e. The SMILES string of the molecule is CCOc1cc(C=C(Cc2ccccc2)c2nccc(=O)[nH]2)cc(Cl)c1O. The van der Waals surface area contributed by atoms with E-state index in [-0.39, 0.29) is 16.3 Å². The smallest absolute Gasteiger partial charge is 0.251 e. The van der Waals surface area contributed by atoms with Crippen LogP contribution in [-0.2, 0) is 6.42 Å². The van der Waals surface area contributed by atoms with Gasteiger partial charge in [-0.2, -0.15) is 0 Å². The summed E-state index contributed by atoms with van der Waals surface area (Å²) >= 11 is 6.14. The zero-order valence-corrected chi connectivity index (χ0v) is 15.5. The molecule has 138 valence electrons. The Hall–Kier alpha value is -3.05. The van der Waals surface area contributed by atoms with Crippen LogP contribution < -0.4 is 10.3 Å². The van der Waals surface area contributed by atoms with Crippen molar-refractivity contribution in [2.24, 2.45) is 0 Å². The van der Waals surface area contributed by atoms with E-state index in [1.54, 1.807) is 12.1 Å². The lowest BCUT2D eigenvalue weighted by Gasteiger charge is -2.11. The number of phenols is 1. The number of hydrogen-bond donors (Lipinski definition) is 2. The van der Waals surface area contributed by atoms with Crippen LogP contribution in [0.5, 0.6) is 11.5 Å². The number of aromatic nitrogens is 2. The number of nitrogens with zero attached hydrogens (tertiary/aromatic N) is 1. The van der Waals surface area contributed by atoms with Crippen molar-refractivity contribution in [3.05, 3.63) is 87.1 Å². The van der Waals surface area contributed by atoms with Crippen LogP contribution >= 0.6 is 11.6 Å². The van der Waals surface area contributed by atoms with E-state index in [9.17, 15) is 9.90 Å². The summed E-state index contributed by atoms with van der Waals surface area (Å²) in [6.45, 7) is 2.23. The lowest BCUT2D eigenvalue weighted by atomic mass is 10.0. The molecule has 0 aliphatic heterocycles. The number of rotatable bonds is 6. The van der Waals surface area contributed by atoms with Gasteiger partial charge in [0.2, 0.25) is 0 Å². The van der Waals surface area contributed by atoms with Crippen molar-refractivity contribution in [2.45, 2.75) is 13.3 Å². The summed E-state index contributed by atoms with van der Waals surface area (Å²) in [5, 5.41) is 10.2. The number of aromatic hydroxyl groups is 1. The first-order valence-electron chi connectivity index (χ1n) is 8.52. The van der Waals surface area contributed by atoms with Crippen LogP contribution in [0.4, 0.5) is 0 Å². The molecule has 1 heterocycles. The second-order valence-electron chi connectivity index (χ2n) is 5.90. The van der Waals surface area contributed by atoms with E-state index in [0.717, 1.165) is 16.7 Å². The molecule has 0 unspecified atom stereocenters. The molecule has 3 aromatic rings. The number of aromatic amines is 1. The normalized spacial score (nSPS) is 11.4. The maximum atomic E-state index is 11.7. The fourth-order valence-electron chi connectivity index (χ4n) is 2.70. The van der Waals surface area contributed by atoms with Crippen LogP contribution in [0.15, 0.2) is 59.5 Å². The Morgan fingerprint density at radius 2 is 2.04 bits per heavy atom. The fraction of sp³-hybridized carbons (Fsp3) is 0.143. The lowest BCUT2D eigenvalue weighted by molar-refractivity contribution is 0.318. The highest BCUT2D eigenvalue weighted by Crippen LogP contribution is 2.36. The van der Waals surface area contributed by atoms with E-state index in [1.807, 2.05) is 43.3 Å². The van der Waals surface area contributed by atoms with Gasteiger partial charge in [-0.15, -0.1) is 0 Å². The van der Waals surface area contributed by atoms with Crippen molar-refractivity contribution < 1.29 is 9.84 Å². The summed E-state index contributed by atoms with van der Waals surface area (Å²) in [4.78, 5) is 18.8. The molecule has 0 fully saturated rings. The Bertz CT molecular complexity index is 1010. The number of halogens is 1. The Kier molecular flexibility index (Phi) is 5.94. The van der Waals surface area contributed by atoms with E-state index in [1.165, 1.54) is 12.3 Å². The number of benzene rings is 2. The van der Waals surface area contributed by atoms with Gasteiger partial charge in [-0.05, 0) is 41.8 Å². The van der Waals surface area contributed by atoms with E-state index in [4.69, 9.17) is 16.3 Å². The Balaban J connectivity index is 2.08. The molecule has 0 atom stereocenters. The third-order valence-corrected chi connectivity index (χ3v) is 4.19. The highest BCUT2D eigenvalue weighted by atomic mass is 35.5. The average molecular weight is 383 g/mol. The number of H-pyrrole nitrogens is 1. The Morgan fingerprint density at radius 3 is 2.74 bits per heavy atom. The molecule has 5 nitrogen and oxygen atoms in total. The molecule has 0 amide bonds. The molecule has 2 N–H and O–H groups in total. The van der Waals surface area contributed by atoms with Gasteiger partial charge in [0.25, 0.3) is 5.56 Å². The first kappa shape index (κ1) is 18.7. The van der Waals surface area contributed by atoms with E-state index >= 15 is 0 Å². The van der Waals surface area contributed by atoms with Crippen molar-refractivity contribution >= 4 is 23.3 Å². The summed E-state index contributed by atoms with van der Waals surface area (Å²) in [5.74, 6) is 0.699. The minimum atomic E-state index is -0.224. The monoisotopic (exact) mass is 382 g/mol. The molecule has 0 bridgehead atoms. The van der Waals surface area contributed by atoms with Gasteiger partial charge in [0, 0.05) is 18.7 Å². The molecule has 27 heavy (non-hydrogen) atoms. The number of hydrogen-bond acceptors (Lipinski definition) is 4. The predicted octanol–water partition coefficient (Wildman–Crippen LogP) is 4.31. The van der Waals surface area contributed by atoms with Gasteiger partial charge >= 0.3 is 0 Å². The summed E-state index contributed by atoms with van der Waals surface area (Å²) in [6, 6.07) is 14.6. The van der Waals surface area contributed by atoms with Crippen molar-refractivity contribution in [3.8, 4) is 11.5 Å². The molecular formula is C21H19ClN2O3. The van der Waals surface area contributed by atoms with Gasteiger partial charge in [0.1, 0.15) is 5.82 Å². The summed E-state index contributed by atoms with van der Waals surface area (Å²) in [7, 11) is 0. The second kappa shape index (κ2) is 8.56. The average Bonchev–Trinajstić information content (AvgIpc) is 2.66. The largest absolute Gasteiger partial charge is 0.503 e.